The van der Waals surface area contributed by atoms with Crippen molar-refractivity contribution in [2.24, 2.45) is 21.6 Å². The number of halogens is 1. The number of rotatable bonds is 9. The molecule has 1 fully saturated rings. The van der Waals surface area contributed by atoms with Gasteiger partial charge in [0.1, 0.15) is 22.5 Å². The molecule has 0 spiro atoms. The summed E-state index contributed by atoms with van der Waals surface area (Å²) in [7, 11) is 0. The minimum absolute atomic E-state index is 0.221. The van der Waals surface area contributed by atoms with E-state index in [1.54, 1.807) is 35.7 Å². The molecular weight excluding hydrogens is 391 g/mol. The highest BCUT2D eigenvalue weighted by molar-refractivity contribution is 8.18. The lowest BCUT2D eigenvalue weighted by atomic mass is 9.97. The molecule has 0 radical (unpaired) electrons. The second-order valence-corrected chi connectivity index (χ2v) is 10.1. The van der Waals surface area contributed by atoms with E-state index in [2.05, 4.69) is 26.0 Å². The summed E-state index contributed by atoms with van der Waals surface area (Å²) in [5.41, 5.74) is 4.72. The molecule has 1 aliphatic carbocycles. The van der Waals surface area contributed by atoms with E-state index in [0.717, 1.165) is 37.2 Å². The van der Waals surface area contributed by atoms with Crippen molar-refractivity contribution in [1.82, 2.24) is 0 Å². The number of hydrogen-bond donors (Lipinski definition) is 1. The molecule has 4 nitrogen and oxygen atoms in total. The summed E-state index contributed by atoms with van der Waals surface area (Å²) in [6.45, 7) is 4.24. The number of nitrogens with two attached hydrogens (primary N) is 1. The average molecular weight is 417 g/mol. The molecule has 1 heterocycles. The molecule has 0 bridgehead atoms. The fourth-order valence-corrected chi connectivity index (χ4v) is 7.94. The van der Waals surface area contributed by atoms with Crippen LogP contribution in [0.2, 0.25) is 0 Å². The Morgan fingerprint density at radius 3 is 2.29 bits per heavy atom. The Labute approximate surface area is 174 Å². The summed E-state index contributed by atoms with van der Waals surface area (Å²) in [5.74, 6) is 1.06. The van der Waals surface area contributed by atoms with Gasteiger partial charge in [-0.2, -0.15) is 10.5 Å². The van der Waals surface area contributed by atoms with Crippen molar-refractivity contribution in [3.63, 3.8) is 0 Å². The van der Waals surface area contributed by atoms with E-state index in [9.17, 15) is 14.9 Å². The Morgan fingerprint density at radius 2 is 1.79 bits per heavy atom. The van der Waals surface area contributed by atoms with Gasteiger partial charge in [0.2, 0.25) is 0 Å². The average Bonchev–Trinajstić information content (AvgIpc) is 3.27. The first-order valence-corrected chi connectivity index (χ1v) is 11.7. The molecule has 3 atom stereocenters. The highest BCUT2D eigenvalue weighted by Gasteiger charge is 2.91. The van der Waals surface area contributed by atoms with Gasteiger partial charge in [0, 0.05) is 5.92 Å². The van der Waals surface area contributed by atoms with Gasteiger partial charge in [0.25, 0.3) is 0 Å². The summed E-state index contributed by atoms with van der Waals surface area (Å²) in [6.07, 6.45) is 4.08. The fraction of sp³-hybridized carbons (Fsp3) is 0.571. The fourth-order valence-electron chi connectivity index (χ4n) is 4.25. The molecule has 28 heavy (non-hydrogen) atoms. The van der Waals surface area contributed by atoms with Crippen LogP contribution in [0.3, 0.4) is 0 Å². The largest absolute Gasteiger partial charge is 0.386 e. The van der Waals surface area contributed by atoms with Crippen molar-refractivity contribution in [3.8, 4) is 12.1 Å². The molecule has 2 aliphatic rings. The van der Waals surface area contributed by atoms with Crippen molar-refractivity contribution in [2.75, 3.05) is 11.5 Å². The summed E-state index contributed by atoms with van der Waals surface area (Å²) >= 11 is 3.26. The van der Waals surface area contributed by atoms with Crippen molar-refractivity contribution >= 4 is 29.4 Å². The molecule has 0 amide bonds. The Balaban J connectivity index is 2.10. The Bertz CT molecular complexity index is 849. The standard InChI is InChI=1S/C21H25FN4S2/c1-3-5-10-27-21(28-11-6-4-2)20(14-24)17(15-8-7-9-16(22)12-15)19(20,13-23)18(25)26-21/h7-9,12,17H,3-6,10-11H2,1-2H3,(H2,25,26). The Kier molecular flexibility index (Phi) is 5.98. The van der Waals surface area contributed by atoms with Crippen LogP contribution in [0, 0.1) is 39.3 Å². The lowest BCUT2D eigenvalue weighted by Crippen LogP contribution is -2.32. The molecule has 3 rings (SSSR count). The number of fused-ring (bicyclic) bond motifs is 1. The van der Waals surface area contributed by atoms with Crippen LogP contribution in [0.1, 0.15) is 51.0 Å². The number of thioether (sulfide) groups is 2. The Hall–Kier alpha value is -1.70. The van der Waals surface area contributed by atoms with Crippen LogP contribution in [-0.2, 0) is 0 Å². The predicted octanol–water partition coefficient (Wildman–Crippen LogP) is 5.03. The monoisotopic (exact) mass is 416 g/mol. The van der Waals surface area contributed by atoms with E-state index in [4.69, 9.17) is 10.7 Å². The molecule has 0 aromatic heterocycles. The zero-order chi connectivity index (χ0) is 20.4. The third-order valence-electron chi connectivity index (χ3n) is 5.70. The molecule has 1 aromatic carbocycles. The number of nitriles is 2. The Morgan fingerprint density at radius 1 is 1.14 bits per heavy atom. The topological polar surface area (TPSA) is 86.0 Å². The van der Waals surface area contributed by atoms with E-state index in [1.807, 2.05) is 0 Å². The van der Waals surface area contributed by atoms with E-state index in [-0.39, 0.29) is 11.7 Å². The lowest BCUT2D eigenvalue weighted by molar-refractivity contribution is 0.561. The van der Waals surface area contributed by atoms with Gasteiger partial charge in [-0.3, -0.25) is 0 Å². The van der Waals surface area contributed by atoms with Crippen LogP contribution in [0.5, 0.6) is 0 Å². The summed E-state index contributed by atoms with van der Waals surface area (Å²) < 4.78 is 13.1. The minimum atomic E-state index is -1.19. The van der Waals surface area contributed by atoms with Crippen molar-refractivity contribution in [1.29, 1.82) is 10.5 Å². The number of nitrogens with zero attached hydrogens (tertiary/aromatic N) is 3. The molecule has 148 valence electrons. The maximum atomic E-state index is 13.9. The number of hydrogen-bond acceptors (Lipinski definition) is 6. The second kappa shape index (κ2) is 7.97. The first kappa shape index (κ1) is 21.0. The molecule has 1 aliphatic heterocycles. The third-order valence-corrected chi connectivity index (χ3v) is 9.00. The second-order valence-electron chi connectivity index (χ2n) is 7.31. The molecule has 0 saturated heterocycles. The van der Waals surface area contributed by atoms with Crippen molar-refractivity contribution in [3.05, 3.63) is 35.6 Å². The van der Waals surface area contributed by atoms with Crippen LogP contribution < -0.4 is 5.73 Å². The summed E-state index contributed by atoms with van der Waals surface area (Å²) in [4.78, 5) is 4.76. The minimum Gasteiger partial charge on any atom is -0.386 e. The summed E-state index contributed by atoms with van der Waals surface area (Å²) in [5, 5.41) is 20.5. The van der Waals surface area contributed by atoms with Gasteiger partial charge >= 0.3 is 0 Å². The summed E-state index contributed by atoms with van der Waals surface area (Å²) in [6, 6.07) is 11.0. The van der Waals surface area contributed by atoms with E-state index in [0.29, 0.717) is 5.56 Å². The van der Waals surface area contributed by atoms with Crippen LogP contribution in [0.4, 0.5) is 4.39 Å². The maximum Gasteiger partial charge on any atom is 0.175 e. The van der Waals surface area contributed by atoms with Gasteiger partial charge in [-0.15, -0.1) is 23.5 Å². The first-order chi connectivity index (χ1) is 13.5. The molecule has 2 N–H and O–H groups in total. The first-order valence-electron chi connectivity index (χ1n) is 9.71. The van der Waals surface area contributed by atoms with E-state index in [1.165, 1.54) is 12.1 Å². The highest BCUT2D eigenvalue weighted by Crippen LogP contribution is 2.85. The molecule has 1 aromatic rings. The number of benzene rings is 1. The molecule has 3 unspecified atom stereocenters. The normalized spacial score (nSPS) is 29.5. The van der Waals surface area contributed by atoms with Gasteiger partial charge in [0.15, 0.2) is 4.20 Å². The van der Waals surface area contributed by atoms with Gasteiger partial charge in [-0.05, 0) is 42.0 Å². The van der Waals surface area contributed by atoms with Gasteiger partial charge in [0.05, 0.1) is 12.1 Å². The number of amidine groups is 1. The molecular formula is C21H25FN4S2. The SMILES string of the molecule is CCCCSC1(SCCCC)N=C(N)C2(C#N)C(c3cccc(F)c3)C12C#N. The highest BCUT2D eigenvalue weighted by atomic mass is 32.2. The van der Waals surface area contributed by atoms with Crippen LogP contribution in [0.25, 0.3) is 0 Å². The molecule has 7 heteroatoms. The zero-order valence-corrected chi connectivity index (χ0v) is 17.9. The lowest BCUT2D eigenvalue weighted by Gasteiger charge is -2.32. The smallest absolute Gasteiger partial charge is 0.175 e. The number of aliphatic imine (C=N–C) groups is 1. The zero-order valence-electron chi connectivity index (χ0n) is 16.2. The quantitative estimate of drug-likeness (QED) is 0.450. The van der Waals surface area contributed by atoms with Crippen molar-refractivity contribution in [2.45, 2.75) is 49.7 Å². The van der Waals surface area contributed by atoms with Gasteiger partial charge in [-0.25, -0.2) is 9.38 Å². The van der Waals surface area contributed by atoms with Crippen LogP contribution >= 0.6 is 23.5 Å². The van der Waals surface area contributed by atoms with Crippen molar-refractivity contribution < 1.29 is 4.39 Å². The van der Waals surface area contributed by atoms with Crippen LogP contribution in [-0.4, -0.2) is 21.5 Å². The third kappa shape index (κ3) is 2.75. The van der Waals surface area contributed by atoms with Gasteiger partial charge < -0.3 is 5.73 Å². The van der Waals surface area contributed by atoms with E-state index < -0.39 is 21.0 Å². The number of unbranched alkanes of at least 4 members (excludes halogenated alkanes) is 2. The van der Waals surface area contributed by atoms with Crippen LogP contribution in [0.15, 0.2) is 29.3 Å². The molecule has 1 saturated carbocycles. The van der Waals surface area contributed by atoms with E-state index >= 15 is 0 Å². The maximum absolute atomic E-state index is 13.9. The van der Waals surface area contributed by atoms with Gasteiger partial charge in [-0.1, -0.05) is 38.8 Å². The predicted molar refractivity (Wildman–Crippen MR) is 114 cm³/mol.